The van der Waals surface area contributed by atoms with Crippen LogP contribution < -0.4 is 20.9 Å². The lowest BCUT2D eigenvalue weighted by Gasteiger charge is -2.11. The Bertz CT molecular complexity index is 1420. The molecule has 0 aliphatic carbocycles. The third kappa shape index (κ3) is 7.05. The number of hydrogen-bond donors (Lipinski definition) is 3. The quantitative estimate of drug-likeness (QED) is 0.261. The highest BCUT2D eigenvalue weighted by molar-refractivity contribution is 9.10. The zero-order valence-corrected chi connectivity index (χ0v) is 21.5. The third-order valence-electron chi connectivity index (χ3n) is 5.40. The highest BCUT2D eigenvalue weighted by atomic mass is 79.9. The van der Waals surface area contributed by atoms with E-state index in [4.69, 9.17) is 4.74 Å². The smallest absolute Gasteiger partial charge is 0.276 e. The minimum atomic E-state index is -0.519. The van der Waals surface area contributed by atoms with Crippen molar-refractivity contribution in [2.75, 3.05) is 11.9 Å². The Morgan fingerprint density at radius 3 is 2.19 bits per heavy atom. The summed E-state index contributed by atoms with van der Waals surface area (Å²) in [5, 5.41) is 2.79. The summed E-state index contributed by atoms with van der Waals surface area (Å²) in [4.78, 5) is 36.9. The summed E-state index contributed by atoms with van der Waals surface area (Å²) in [5.41, 5.74) is 9.16. The van der Waals surface area contributed by atoms with Crippen molar-refractivity contribution < 1.29 is 19.1 Å². The van der Waals surface area contributed by atoms with Gasteiger partial charge in [-0.3, -0.25) is 25.2 Å². The maximum atomic E-state index is 12.4. The number of nitrogens with one attached hydrogen (secondary N) is 3. The van der Waals surface area contributed by atoms with E-state index < -0.39 is 11.8 Å². The second kappa shape index (κ2) is 12.0. The summed E-state index contributed by atoms with van der Waals surface area (Å²) in [6.45, 7) is 1.63. The Kier molecular flexibility index (Phi) is 8.33. The number of anilines is 1. The van der Waals surface area contributed by atoms with Gasteiger partial charge in [0.05, 0.1) is 4.47 Å². The van der Waals surface area contributed by atoms with E-state index in [0.29, 0.717) is 27.0 Å². The monoisotopic (exact) mass is 557 g/mol. The van der Waals surface area contributed by atoms with Gasteiger partial charge in [-0.25, -0.2) is 0 Å². The number of carbonyl (C=O) groups excluding carboxylic acids is 3. The van der Waals surface area contributed by atoms with Crippen LogP contribution in [0.1, 0.15) is 26.3 Å². The maximum absolute atomic E-state index is 12.4. The molecule has 3 amide bonds. The molecule has 7 nitrogen and oxygen atoms in total. The van der Waals surface area contributed by atoms with Gasteiger partial charge in [0, 0.05) is 16.8 Å². The first-order chi connectivity index (χ1) is 17.9. The number of amides is 3. The first-order valence-corrected chi connectivity index (χ1v) is 12.2. The molecule has 0 heterocycles. The number of benzene rings is 4. The van der Waals surface area contributed by atoms with Crippen LogP contribution in [-0.2, 0) is 4.79 Å². The van der Waals surface area contributed by atoms with Crippen LogP contribution in [0.5, 0.6) is 5.75 Å². The molecule has 0 aromatic heterocycles. The molecular weight excluding hydrogens is 534 g/mol. The minimum Gasteiger partial charge on any atom is -0.483 e. The van der Waals surface area contributed by atoms with Gasteiger partial charge in [-0.05, 0) is 82.5 Å². The van der Waals surface area contributed by atoms with Gasteiger partial charge >= 0.3 is 0 Å². The molecule has 0 saturated carbocycles. The lowest BCUT2D eigenvalue weighted by Crippen LogP contribution is -2.43. The Morgan fingerprint density at radius 1 is 0.730 bits per heavy atom. The molecule has 0 radical (unpaired) electrons. The fourth-order valence-electron chi connectivity index (χ4n) is 3.50. The standard InChI is InChI=1S/C29H24BrN3O4/c1-19-6-5-9-23(16-19)28(35)31-24-13-10-21(11-14-24)29(36)33-32-27(34)18-37-26-15-12-22(17-25(26)30)20-7-3-2-4-8-20/h2-17H,18H2,1H3,(H,31,35)(H,32,34)(H,33,36). The van der Waals surface area contributed by atoms with Gasteiger partial charge in [-0.2, -0.15) is 0 Å². The molecule has 4 aromatic rings. The van der Waals surface area contributed by atoms with E-state index in [1.165, 1.54) is 0 Å². The number of rotatable bonds is 7. The van der Waals surface area contributed by atoms with Crippen LogP contribution >= 0.6 is 15.9 Å². The van der Waals surface area contributed by atoms with Gasteiger partial charge in [-0.15, -0.1) is 0 Å². The highest BCUT2D eigenvalue weighted by Crippen LogP contribution is 2.30. The fourth-order valence-corrected chi connectivity index (χ4v) is 3.99. The summed E-state index contributed by atoms with van der Waals surface area (Å²) in [6.07, 6.45) is 0. The Hall–Kier alpha value is -4.43. The summed E-state index contributed by atoms with van der Waals surface area (Å²) in [6, 6.07) is 29.1. The topological polar surface area (TPSA) is 96.5 Å². The largest absolute Gasteiger partial charge is 0.483 e. The van der Waals surface area contributed by atoms with E-state index >= 15 is 0 Å². The molecule has 0 aliphatic rings. The summed E-state index contributed by atoms with van der Waals surface area (Å²) < 4.78 is 6.28. The van der Waals surface area contributed by atoms with Crippen molar-refractivity contribution in [2.45, 2.75) is 6.92 Å². The molecule has 0 unspecified atom stereocenters. The maximum Gasteiger partial charge on any atom is 0.276 e. The summed E-state index contributed by atoms with van der Waals surface area (Å²) in [7, 11) is 0. The van der Waals surface area contributed by atoms with Crippen LogP contribution in [0, 0.1) is 6.92 Å². The number of carbonyl (C=O) groups is 3. The van der Waals surface area contributed by atoms with E-state index in [9.17, 15) is 14.4 Å². The first kappa shape index (κ1) is 25.7. The average molecular weight is 558 g/mol. The van der Waals surface area contributed by atoms with E-state index in [0.717, 1.165) is 16.7 Å². The lowest BCUT2D eigenvalue weighted by molar-refractivity contribution is -0.123. The van der Waals surface area contributed by atoms with Crippen molar-refractivity contribution in [1.29, 1.82) is 0 Å². The van der Waals surface area contributed by atoms with E-state index in [1.54, 1.807) is 42.5 Å². The van der Waals surface area contributed by atoms with Crippen LogP contribution in [-0.4, -0.2) is 24.3 Å². The van der Waals surface area contributed by atoms with Crippen LogP contribution in [0.3, 0.4) is 0 Å². The van der Waals surface area contributed by atoms with Gasteiger partial charge in [0.1, 0.15) is 5.75 Å². The molecule has 4 aromatic carbocycles. The average Bonchev–Trinajstić information content (AvgIpc) is 2.92. The second-order valence-corrected chi connectivity index (χ2v) is 9.06. The first-order valence-electron chi connectivity index (χ1n) is 11.4. The molecule has 4 rings (SSSR count). The molecule has 0 saturated heterocycles. The zero-order valence-electron chi connectivity index (χ0n) is 20.0. The Morgan fingerprint density at radius 2 is 1.49 bits per heavy atom. The van der Waals surface area contributed by atoms with Crippen LogP contribution in [0.2, 0.25) is 0 Å². The van der Waals surface area contributed by atoms with Crippen molar-refractivity contribution in [1.82, 2.24) is 10.9 Å². The van der Waals surface area contributed by atoms with Gasteiger partial charge in [-0.1, -0.05) is 54.1 Å². The summed E-state index contributed by atoms with van der Waals surface area (Å²) in [5.74, 6) is -0.758. The SMILES string of the molecule is Cc1cccc(C(=O)Nc2ccc(C(=O)NNC(=O)COc3ccc(-c4ccccc4)cc3Br)cc2)c1. The molecule has 0 fully saturated rings. The normalized spacial score (nSPS) is 10.3. The van der Waals surface area contributed by atoms with E-state index in [-0.39, 0.29) is 12.5 Å². The van der Waals surface area contributed by atoms with Crippen LogP contribution in [0.25, 0.3) is 11.1 Å². The molecule has 0 spiro atoms. The summed E-state index contributed by atoms with van der Waals surface area (Å²) >= 11 is 3.47. The number of hydrazine groups is 1. The van der Waals surface area contributed by atoms with Crippen LogP contribution in [0.15, 0.2) is 102 Å². The van der Waals surface area contributed by atoms with Crippen molar-refractivity contribution in [3.05, 3.63) is 118 Å². The highest BCUT2D eigenvalue weighted by Gasteiger charge is 2.11. The molecule has 8 heteroatoms. The van der Waals surface area contributed by atoms with E-state index in [1.807, 2.05) is 61.5 Å². The number of ether oxygens (including phenoxy) is 1. The van der Waals surface area contributed by atoms with Crippen molar-refractivity contribution in [3.8, 4) is 16.9 Å². The Labute approximate surface area is 223 Å². The fraction of sp³-hybridized carbons (Fsp3) is 0.0690. The van der Waals surface area contributed by atoms with Gasteiger partial charge in [0.2, 0.25) is 0 Å². The molecule has 37 heavy (non-hydrogen) atoms. The van der Waals surface area contributed by atoms with Gasteiger partial charge in [0.25, 0.3) is 17.7 Å². The lowest BCUT2D eigenvalue weighted by atomic mass is 10.1. The van der Waals surface area contributed by atoms with Crippen molar-refractivity contribution >= 4 is 39.3 Å². The van der Waals surface area contributed by atoms with Gasteiger partial charge < -0.3 is 10.1 Å². The Balaban J connectivity index is 1.24. The van der Waals surface area contributed by atoms with Gasteiger partial charge in [0.15, 0.2) is 6.61 Å². The number of aryl methyl sites for hydroxylation is 1. The molecule has 186 valence electrons. The minimum absolute atomic E-state index is 0.241. The van der Waals surface area contributed by atoms with Crippen molar-refractivity contribution in [2.24, 2.45) is 0 Å². The second-order valence-electron chi connectivity index (χ2n) is 8.20. The molecule has 3 N–H and O–H groups in total. The molecule has 0 aliphatic heterocycles. The molecule has 0 atom stereocenters. The zero-order chi connectivity index (χ0) is 26.2. The predicted octanol–water partition coefficient (Wildman–Crippen LogP) is 5.52. The van der Waals surface area contributed by atoms with E-state index in [2.05, 4.69) is 32.1 Å². The van der Waals surface area contributed by atoms with Crippen molar-refractivity contribution in [3.63, 3.8) is 0 Å². The molecule has 0 bridgehead atoms. The number of halogens is 1. The van der Waals surface area contributed by atoms with Crippen LogP contribution in [0.4, 0.5) is 5.69 Å². The molecular formula is C29H24BrN3O4. The number of hydrogen-bond acceptors (Lipinski definition) is 4. The predicted molar refractivity (Wildman–Crippen MR) is 146 cm³/mol. The third-order valence-corrected chi connectivity index (χ3v) is 6.02.